The van der Waals surface area contributed by atoms with Crippen LogP contribution in [0.3, 0.4) is 0 Å². The second-order valence-corrected chi connectivity index (χ2v) is 7.44. The summed E-state index contributed by atoms with van der Waals surface area (Å²) in [5, 5.41) is 2.03. The Bertz CT molecular complexity index is 612. The average molecular weight is 328 g/mol. The number of carbonyl (C=O) groups is 1. The van der Waals surface area contributed by atoms with Crippen LogP contribution in [-0.4, -0.2) is 42.4 Å². The molecule has 1 atom stereocenters. The van der Waals surface area contributed by atoms with Gasteiger partial charge in [-0.2, -0.15) is 0 Å². The number of hydrogen-bond acceptors (Lipinski definition) is 3. The Morgan fingerprint density at radius 3 is 2.83 bits per heavy atom. The summed E-state index contributed by atoms with van der Waals surface area (Å²) in [4.78, 5) is 17.9. The molecule has 3 rings (SSSR count). The van der Waals surface area contributed by atoms with Gasteiger partial charge >= 0.3 is 0 Å². The minimum absolute atomic E-state index is 0.231. The maximum Gasteiger partial charge on any atom is 0.227 e. The molecule has 23 heavy (non-hydrogen) atoms. The van der Waals surface area contributed by atoms with Crippen LogP contribution in [0.5, 0.6) is 0 Å². The summed E-state index contributed by atoms with van der Waals surface area (Å²) >= 11 is 1.66. The van der Waals surface area contributed by atoms with Crippen molar-refractivity contribution < 1.29 is 4.79 Å². The Balaban J connectivity index is 1.45. The van der Waals surface area contributed by atoms with Gasteiger partial charge in [0, 0.05) is 31.6 Å². The normalized spacial score (nSPS) is 18.2. The third-order valence-corrected chi connectivity index (χ3v) is 5.36. The first-order valence-corrected chi connectivity index (χ1v) is 9.11. The first kappa shape index (κ1) is 16.2. The molecule has 1 fully saturated rings. The van der Waals surface area contributed by atoms with Crippen LogP contribution in [0.4, 0.5) is 0 Å². The lowest BCUT2D eigenvalue weighted by Gasteiger charge is -2.22. The lowest BCUT2D eigenvalue weighted by atomic mass is 10.1. The van der Waals surface area contributed by atoms with Crippen LogP contribution in [0.2, 0.25) is 0 Å². The molecule has 0 radical (unpaired) electrons. The van der Waals surface area contributed by atoms with Crippen LogP contribution in [0.25, 0.3) is 0 Å². The third-order valence-electron chi connectivity index (χ3n) is 4.48. The van der Waals surface area contributed by atoms with Gasteiger partial charge in [-0.15, -0.1) is 11.3 Å². The monoisotopic (exact) mass is 328 g/mol. The average Bonchev–Trinajstić information content (AvgIpc) is 3.20. The van der Waals surface area contributed by atoms with Crippen LogP contribution >= 0.6 is 11.3 Å². The number of likely N-dealkylation sites (tertiary alicyclic amines) is 1. The molecule has 0 aliphatic carbocycles. The van der Waals surface area contributed by atoms with Crippen molar-refractivity contribution in [1.29, 1.82) is 0 Å². The van der Waals surface area contributed by atoms with Crippen molar-refractivity contribution in [2.45, 2.75) is 19.4 Å². The highest BCUT2D eigenvalue weighted by Gasteiger charge is 2.24. The minimum atomic E-state index is 0.231. The molecule has 1 aliphatic rings. The number of amides is 1. The van der Waals surface area contributed by atoms with Gasteiger partial charge in [0.25, 0.3) is 0 Å². The van der Waals surface area contributed by atoms with Gasteiger partial charge in [-0.25, -0.2) is 0 Å². The molecule has 122 valence electrons. The molecule has 0 bridgehead atoms. The maximum absolute atomic E-state index is 12.3. The SMILES string of the molecule is CN(C[C@@H]1CCN(Cc2ccccc2)C1)C(=O)Cc1cccs1. The van der Waals surface area contributed by atoms with Crippen molar-refractivity contribution in [3.63, 3.8) is 0 Å². The molecule has 1 aromatic heterocycles. The van der Waals surface area contributed by atoms with Crippen molar-refractivity contribution in [3.8, 4) is 0 Å². The van der Waals surface area contributed by atoms with Gasteiger partial charge in [-0.1, -0.05) is 36.4 Å². The molecule has 0 unspecified atom stereocenters. The fourth-order valence-electron chi connectivity index (χ4n) is 3.23. The number of hydrogen-bond donors (Lipinski definition) is 0. The van der Waals surface area contributed by atoms with Crippen LogP contribution in [0.1, 0.15) is 16.9 Å². The molecule has 2 heterocycles. The zero-order valence-electron chi connectivity index (χ0n) is 13.6. The molecule has 4 heteroatoms. The molecular weight excluding hydrogens is 304 g/mol. The highest BCUT2D eigenvalue weighted by atomic mass is 32.1. The molecular formula is C19H24N2OS. The number of carbonyl (C=O) groups excluding carboxylic acids is 1. The van der Waals surface area contributed by atoms with E-state index in [2.05, 4.69) is 35.2 Å². The Hall–Kier alpha value is -1.65. The van der Waals surface area contributed by atoms with Crippen molar-refractivity contribution in [1.82, 2.24) is 9.80 Å². The van der Waals surface area contributed by atoms with Gasteiger partial charge in [0.1, 0.15) is 0 Å². The van der Waals surface area contributed by atoms with E-state index >= 15 is 0 Å². The molecule has 1 amide bonds. The second kappa shape index (κ2) is 7.75. The zero-order valence-corrected chi connectivity index (χ0v) is 14.5. The van der Waals surface area contributed by atoms with Gasteiger partial charge in [0.05, 0.1) is 6.42 Å². The number of benzene rings is 1. The number of thiophene rings is 1. The Morgan fingerprint density at radius 2 is 2.09 bits per heavy atom. The number of nitrogens with zero attached hydrogens (tertiary/aromatic N) is 2. The molecule has 1 aliphatic heterocycles. The van der Waals surface area contributed by atoms with Gasteiger partial charge in [-0.05, 0) is 35.9 Å². The lowest BCUT2D eigenvalue weighted by molar-refractivity contribution is -0.129. The number of likely N-dealkylation sites (N-methyl/N-ethyl adjacent to an activating group) is 1. The van der Waals surface area contributed by atoms with Crippen molar-refractivity contribution in [2.24, 2.45) is 5.92 Å². The smallest absolute Gasteiger partial charge is 0.227 e. The van der Waals surface area contributed by atoms with E-state index in [4.69, 9.17) is 0 Å². The van der Waals surface area contributed by atoms with Crippen molar-refractivity contribution in [2.75, 3.05) is 26.7 Å². The van der Waals surface area contributed by atoms with E-state index in [1.165, 1.54) is 12.0 Å². The lowest BCUT2D eigenvalue weighted by Crippen LogP contribution is -2.34. The van der Waals surface area contributed by atoms with E-state index in [1.807, 2.05) is 29.5 Å². The summed E-state index contributed by atoms with van der Waals surface area (Å²) in [6, 6.07) is 14.7. The first-order chi connectivity index (χ1) is 11.2. The fraction of sp³-hybridized carbons (Fsp3) is 0.421. The third kappa shape index (κ3) is 4.66. The predicted molar refractivity (Wildman–Crippen MR) is 95.5 cm³/mol. The second-order valence-electron chi connectivity index (χ2n) is 6.41. The topological polar surface area (TPSA) is 23.6 Å². The van der Waals surface area contributed by atoms with Crippen LogP contribution < -0.4 is 0 Å². The zero-order chi connectivity index (χ0) is 16.1. The molecule has 0 N–H and O–H groups in total. The highest BCUT2D eigenvalue weighted by molar-refractivity contribution is 7.10. The summed E-state index contributed by atoms with van der Waals surface area (Å²) in [7, 11) is 1.94. The first-order valence-electron chi connectivity index (χ1n) is 8.23. The van der Waals surface area contributed by atoms with Crippen molar-refractivity contribution >= 4 is 17.2 Å². The quantitative estimate of drug-likeness (QED) is 0.812. The van der Waals surface area contributed by atoms with Crippen LogP contribution in [0, 0.1) is 5.92 Å². The molecule has 0 spiro atoms. The summed E-state index contributed by atoms with van der Waals surface area (Å²) < 4.78 is 0. The largest absolute Gasteiger partial charge is 0.345 e. The van der Waals surface area contributed by atoms with Gasteiger partial charge < -0.3 is 4.90 Å². The molecule has 0 saturated carbocycles. The summed E-state index contributed by atoms with van der Waals surface area (Å²) in [5.74, 6) is 0.824. The molecule has 3 nitrogen and oxygen atoms in total. The van der Waals surface area contributed by atoms with E-state index in [1.54, 1.807) is 11.3 Å². The molecule has 1 aromatic carbocycles. The summed E-state index contributed by atoms with van der Waals surface area (Å²) in [6.07, 6.45) is 1.72. The number of rotatable bonds is 6. The highest BCUT2D eigenvalue weighted by Crippen LogP contribution is 2.20. The van der Waals surface area contributed by atoms with E-state index in [0.717, 1.165) is 31.1 Å². The predicted octanol–water partition coefficient (Wildman–Crippen LogP) is 3.27. The fourth-order valence-corrected chi connectivity index (χ4v) is 3.93. The van der Waals surface area contributed by atoms with Gasteiger partial charge in [0.15, 0.2) is 0 Å². The van der Waals surface area contributed by atoms with E-state index < -0.39 is 0 Å². The van der Waals surface area contributed by atoms with Gasteiger partial charge in [0.2, 0.25) is 5.91 Å². The summed E-state index contributed by atoms with van der Waals surface area (Å²) in [5.41, 5.74) is 1.37. The minimum Gasteiger partial charge on any atom is -0.345 e. The van der Waals surface area contributed by atoms with E-state index in [9.17, 15) is 4.79 Å². The Kier molecular flexibility index (Phi) is 5.47. The Morgan fingerprint density at radius 1 is 1.26 bits per heavy atom. The standard InChI is InChI=1S/C19H24N2OS/c1-20(19(22)12-18-8-5-11-23-18)13-17-9-10-21(15-17)14-16-6-3-2-4-7-16/h2-8,11,17H,9-10,12-15H2,1H3/t17-/m0/s1. The maximum atomic E-state index is 12.3. The van der Waals surface area contributed by atoms with Crippen molar-refractivity contribution in [3.05, 3.63) is 58.3 Å². The summed E-state index contributed by atoms with van der Waals surface area (Å²) in [6.45, 7) is 4.11. The van der Waals surface area contributed by atoms with Crippen LogP contribution in [-0.2, 0) is 17.8 Å². The molecule has 2 aromatic rings. The van der Waals surface area contributed by atoms with E-state index in [-0.39, 0.29) is 5.91 Å². The Labute approximate surface area is 142 Å². The van der Waals surface area contributed by atoms with Crippen LogP contribution in [0.15, 0.2) is 47.8 Å². The van der Waals surface area contributed by atoms with E-state index in [0.29, 0.717) is 12.3 Å². The molecule has 1 saturated heterocycles. The van der Waals surface area contributed by atoms with Gasteiger partial charge in [-0.3, -0.25) is 9.69 Å².